The molecule has 1 aromatic carbocycles. The van der Waals surface area contributed by atoms with Crippen molar-refractivity contribution in [3.63, 3.8) is 0 Å². The van der Waals surface area contributed by atoms with Crippen molar-refractivity contribution in [2.45, 2.75) is 19.9 Å². The van der Waals surface area contributed by atoms with Crippen LogP contribution in [0.2, 0.25) is 0 Å². The van der Waals surface area contributed by atoms with Crippen LogP contribution in [0.1, 0.15) is 33.5 Å². The summed E-state index contributed by atoms with van der Waals surface area (Å²) >= 11 is 0. The Morgan fingerprint density at radius 1 is 1.10 bits per heavy atom. The first-order valence-electron chi connectivity index (χ1n) is 10.1. The summed E-state index contributed by atoms with van der Waals surface area (Å²) in [6.07, 6.45) is 5.25. The van der Waals surface area contributed by atoms with Crippen LogP contribution in [0, 0.1) is 25.7 Å². The normalized spacial score (nSPS) is 23.4. The fraction of sp³-hybridized carbons (Fsp3) is 0.348. The minimum Gasteiger partial charge on any atom is -0.448 e. The number of carbonyl (C=O) groups excluding carboxylic acids is 1. The van der Waals surface area contributed by atoms with E-state index in [2.05, 4.69) is 40.0 Å². The number of likely N-dealkylation sites (tertiary alicyclic amines) is 1. The molecule has 0 N–H and O–H groups in total. The topological polar surface area (TPSA) is 62.5 Å². The largest absolute Gasteiger partial charge is 0.448 e. The second kappa shape index (κ2) is 7.03. The summed E-state index contributed by atoms with van der Waals surface area (Å²) in [5.74, 6) is 1.27. The van der Waals surface area contributed by atoms with Gasteiger partial charge in [0.2, 0.25) is 0 Å². The van der Waals surface area contributed by atoms with Gasteiger partial charge in [0.25, 0.3) is 5.91 Å². The molecular weight excluding hydrogens is 364 g/mol. The minimum atomic E-state index is -0.0447. The third-order valence-electron chi connectivity index (χ3n) is 6.24. The first-order chi connectivity index (χ1) is 14.1. The Balaban J connectivity index is 1.47. The van der Waals surface area contributed by atoms with E-state index in [1.807, 2.05) is 35.5 Å². The highest BCUT2D eigenvalue weighted by Gasteiger charge is 2.49. The van der Waals surface area contributed by atoms with Gasteiger partial charge in [0, 0.05) is 56.5 Å². The third kappa shape index (κ3) is 3.09. The molecule has 0 saturated carbocycles. The van der Waals surface area contributed by atoms with Gasteiger partial charge >= 0.3 is 0 Å². The van der Waals surface area contributed by atoms with Gasteiger partial charge in [-0.05, 0) is 24.1 Å². The Labute approximate surface area is 170 Å². The van der Waals surface area contributed by atoms with Gasteiger partial charge in [0.15, 0.2) is 11.6 Å². The maximum atomic E-state index is 13.3. The number of anilines is 1. The van der Waals surface area contributed by atoms with Gasteiger partial charge in [-0.2, -0.15) is 0 Å². The van der Waals surface area contributed by atoms with E-state index in [0.717, 1.165) is 19.6 Å². The van der Waals surface area contributed by atoms with E-state index < -0.39 is 0 Å². The van der Waals surface area contributed by atoms with Crippen molar-refractivity contribution >= 4 is 11.6 Å². The number of fused-ring (bicyclic) bond motifs is 1. The maximum Gasteiger partial charge on any atom is 0.276 e. The number of hydrogen-bond acceptors (Lipinski definition) is 5. The van der Waals surface area contributed by atoms with E-state index in [-0.39, 0.29) is 11.9 Å². The smallest absolute Gasteiger partial charge is 0.276 e. The molecule has 2 saturated heterocycles. The molecule has 2 aliphatic heterocycles. The first kappa shape index (κ1) is 17.9. The fourth-order valence-corrected chi connectivity index (χ4v) is 4.96. The summed E-state index contributed by atoms with van der Waals surface area (Å²) in [4.78, 5) is 26.2. The van der Waals surface area contributed by atoms with E-state index in [1.54, 1.807) is 6.92 Å². The second-order valence-electron chi connectivity index (χ2n) is 8.06. The van der Waals surface area contributed by atoms with Crippen molar-refractivity contribution in [2.75, 3.05) is 24.5 Å². The zero-order valence-electron chi connectivity index (χ0n) is 16.7. The zero-order chi connectivity index (χ0) is 20.0. The number of carbonyl (C=O) groups is 1. The molecule has 0 bridgehead atoms. The first-order valence-corrected chi connectivity index (χ1v) is 10.1. The highest BCUT2D eigenvalue weighted by atomic mass is 16.3. The molecular formula is C23H24N4O2. The van der Waals surface area contributed by atoms with Crippen LogP contribution in [0.25, 0.3) is 0 Å². The quantitative estimate of drug-likeness (QED) is 0.686. The zero-order valence-corrected chi connectivity index (χ0v) is 16.7. The Morgan fingerprint density at radius 2 is 1.93 bits per heavy atom. The summed E-state index contributed by atoms with van der Waals surface area (Å²) in [6.45, 7) is 6.47. The molecule has 1 amide bonds. The van der Waals surface area contributed by atoms with Crippen LogP contribution in [0.3, 0.4) is 0 Å². The van der Waals surface area contributed by atoms with E-state index in [4.69, 9.17) is 4.42 Å². The van der Waals surface area contributed by atoms with E-state index >= 15 is 0 Å². The molecule has 0 aliphatic carbocycles. The molecule has 0 spiro atoms. The highest BCUT2D eigenvalue weighted by Crippen LogP contribution is 2.46. The third-order valence-corrected chi connectivity index (χ3v) is 6.24. The summed E-state index contributed by atoms with van der Waals surface area (Å²) in [7, 11) is 0. The number of benzene rings is 1. The average Bonchev–Trinajstić information content (AvgIpc) is 3.42. The second-order valence-corrected chi connectivity index (χ2v) is 8.06. The Bertz CT molecular complexity index is 1030. The van der Waals surface area contributed by atoms with E-state index in [1.165, 1.54) is 23.1 Å². The number of aromatic nitrogens is 2. The standard InChI is InChI=1S/C23H24N4O2/c1-15-10-24-9-8-21(15)26-11-18-12-27(23(28)20-14-29-16(2)25-20)22(19(18)13-26)17-6-4-3-5-7-17/h3-10,14,18-19,22H,11-13H2,1-2H3/t18-,19-,22+/m0/s1. The van der Waals surface area contributed by atoms with Crippen LogP contribution in [-0.2, 0) is 0 Å². The molecule has 3 aromatic rings. The molecule has 0 radical (unpaired) electrons. The average molecular weight is 388 g/mol. The lowest BCUT2D eigenvalue weighted by Gasteiger charge is -2.30. The minimum absolute atomic E-state index is 0.0397. The molecule has 2 aliphatic rings. The lowest BCUT2D eigenvalue weighted by Crippen LogP contribution is -2.36. The Hall–Kier alpha value is -3.15. The van der Waals surface area contributed by atoms with Gasteiger partial charge in [-0.15, -0.1) is 0 Å². The fourth-order valence-electron chi connectivity index (χ4n) is 4.96. The maximum absolute atomic E-state index is 13.3. The molecule has 3 atom stereocenters. The molecule has 5 rings (SSSR count). The number of amides is 1. The van der Waals surface area contributed by atoms with Crippen molar-refractivity contribution in [3.05, 3.63) is 77.8 Å². The molecule has 148 valence electrons. The predicted octanol–water partition coefficient (Wildman–Crippen LogP) is 3.64. The summed E-state index contributed by atoms with van der Waals surface area (Å²) in [6, 6.07) is 12.5. The molecule has 4 heterocycles. The number of aryl methyl sites for hydroxylation is 2. The van der Waals surface area contributed by atoms with Crippen molar-refractivity contribution < 1.29 is 9.21 Å². The van der Waals surface area contributed by atoms with Crippen LogP contribution in [0.15, 0.2) is 59.5 Å². The molecule has 29 heavy (non-hydrogen) atoms. The lowest BCUT2D eigenvalue weighted by molar-refractivity contribution is 0.0709. The molecule has 2 aromatic heterocycles. The van der Waals surface area contributed by atoms with Crippen molar-refractivity contribution in [3.8, 4) is 0 Å². The van der Waals surface area contributed by atoms with E-state index in [0.29, 0.717) is 23.4 Å². The molecule has 6 heteroatoms. The van der Waals surface area contributed by atoms with Gasteiger partial charge in [0.05, 0.1) is 6.04 Å². The van der Waals surface area contributed by atoms with Crippen LogP contribution in [0.5, 0.6) is 0 Å². The number of oxazole rings is 1. The highest BCUT2D eigenvalue weighted by molar-refractivity contribution is 5.92. The van der Waals surface area contributed by atoms with Gasteiger partial charge < -0.3 is 14.2 Å². The van der Waals surface area contributed by atoms with Crippen LogP contribution < -0.4 is 4.90 Å². The number of rotatable bonds is 3. The lowest BCUT2D eigenvalue weighted by atomic mass is 9.89. The summed E-state index contributed by atoms with van der Waals surface area (Å²) < 4.78 is 5.30. The summed E-state index contributed by atoms with van der Waals surface area (Å²) in [5.41, 5.74) is 4.01. The monoisotopic (exact) mass is 388 g/mol. The molecule has 6 nitrogen and oxygen atoms in total. The van der Waals surface area contributed by atoms with Crippen molar-refractivity contribution in [1.29, 1.82) is 0 Å². The van der Waals surface area contributed by atoms with Crippen LogP contribution in [-0.4, -0.2) is 40.4 Å². The van der Waals surface area contributed by atoms with Gasteiger partial charge in [-0.1, -0.05) is 30.3 Å². The Kier molecular flexibility index (Phi) is 4.34. The van der Waals surface area contributed by atoms with Crippen molar-refractivity contribution in [2.24, 2.45) is 11.8 Å². The SMILES string of the molecule is Cc1nc(C(=O)N2C[C@@H]3CN(c4ccncc4C)C[C@@H]3[C@H]2c2ccccc2)co1. The number of nitrogens with zero attached hydrogens (tertiary/aromatic N) is 4. The Morgan fingerprint density at radius 3 is 2.66 bits per heavy atom. The predicted molar refractivity (Wildman–Crippen MR) is 110 cm³/mol. The van der Waals surface area contributed by atoms with Gasteiger partial charge in [-0.3, -0.25) is 9.78 Å². The van der Waals surface area contributed by atoms with Gasteiger partial charge in [-0.25, -0.2) is 4.98 Å². The molecule has 0 unspecified atom stereocenters. The van der Waals surface area contributed by atoms with Crippen molar-refractivity contribution in [1.82, 2.24) is 14.9 Å². The van der Waals surface area contributed by atoms with E-state index in [9.17, 15) is 4.79 Å². The van der Waals surface area contributed by atoms with Crippen LogP contribution in [0.4, 0.5) is 5.69 Å². The molecule has 2 fully saturated rings. The number of pyridine rings is 1. The van der Waals surface area contributed by atoms with Crippen LogP contribution >= 0.6 is 0 Å². The van der Waals surface area contributed by atoms with Gasteiger partial charge in [0.1, 0.15) is 6.26 Å². The number of hydrogen-bond donors (Lipinski definition) is 0. The summed E-state index contributed by atoms with van der Waals surface area (Å²) in [5, 5.41) is 0.